The van der Waals surface area contributed by atoms with E-state index in [1.54, 1.807) is 11.9 Å². The fraction of sp³-hybridized carbons (Fsp3) is 0.333. The molecule has 0 bridgehead atoms. The number of para-hydroxylation sites is 2. The van der Waals surface area contributed by atoms with Crippen molar-refractivity contribution >= 4 is 16.9 Å². The van der Waals surface area contributed by atoms with E-state index in [1.165, 1.54) is 0 Å². The minimum Gasteiger partial charge on any atom is -0.340 e. The molecular formula is C12H15N3O. The Morgan fingerprint density at radius 2 is 2.19 bits per heavy atom. The van der Waals surface area contributed by atoms with Crippen molar-refractivity contribution in [3.63, 3.8) is 0 Å². The maximum absolute atomic E-state index is 11.4. The van der Waals surface area contributed by atoms with Crippen LogP contribution in [0, 0.1) is 0 Å². The SMILES string of the molecule is CCC(=O)N(C)Cc1nc2ccccc2[nH]1. The molecule has 0 unspecified atom stereocenters. The number of fused-ring (bicyclic) bond motifs is 1. The molecule has 0 fully saturated rings. The molecule has 0 atom stereocenters. The Hall–Kier alpha value is -1.84. The second-order valence-corrected chi connectivity index (χ2v) is 3.80. The number of carbonyl (C=O) groups excluding carboxylic acids is 1. The molecule has 0 saturated carbocycles. The van der Waals surface area contributed by atoms with Gasteiger partial charge in [-0.05, 0) is 12.1 Å². The van der Waals surface area contributed by atoms with Crippen LogP contribution in [0.25, 0.3) is 11.0 Å². The van der Waals surface area contributed by atoms with E-state index in [0.717, 1.165) is 16.9 Å². The van der Waals surface area contributed by atoms with Gasteiger partial charge in [0, 0.05) is 13.5 Å². The summed E-state index contributed by atoms with van der Waals surface area (Å²) in [6.07, 6.45) is 0.525. The summed E-state index contributed by atoms with van der Waals surface area (Å²) in [5, 5.41) is 0. The molecule has 0 aliphatic heterocycles. The first kappa shape index (κ1) is 10.7. The fourth-order valence-electron chi connectivity index (χ4n) is 1.66. The lowest BCUT2D eigenvalue weighted by Gasteiger charge is -2.13. The van der Waals surface area contributed by atoms with Crippen LogP contribution in [0.1, 0.15) is 19.2 Å². The number of amides is 1. The second-order valence-electron chi connectivity index (χ2n) is 3.80. The molecule has 84 valence electrons. The maximum atomic E-state index is 11.4. The van der Waals surface area contributed by atoms with Gasteiger partial charge in [0.25, 0.3) is 0 Å². The third-order valence-electron chi connectivity index (χ3n) is 2.55. The summed E-state index contributed by atoms with van der Waals surface area (Å²) in [4.78, 5) is 20.7. The predicted octanol–water partition coefficient (Wildman–Crippen LogP) is 1.93. The molecule has 16 heavy (non-hydrogen) atoms. The van der Waals surface area contributed by atoms with Gasteiger partial charge in [-0.25, -0.2) is 4.98 Å². The number of H-pyrrole nitrogens is 1. The van der Waals surface area contributed by atoms with E-state index in [-0.39, 0.29) is 5.91 Å². The number of carbonyl (C=O) groups is 1. The summed E-state index contributed by atoms with van der Waals surface area (Å²) in [6, 6.07) is 7.85. The fourth-order valence-corrected chi connectivity index (χ4v) is 1.66. The molecule has 1 N–H and O–H groups in total. The highest BCUT2D eigenvalue weighted by Crippen LogP contribution is 2.11. The molecule has 0 saturated heterocycles. The summed E-state index contributed by atoms with van der Waals surface area (Å²) >= 11 is 0. The van der Waals surface area contributed by atoms with E-state index < -0.39 is 0 Å². The molecular weight excluding hydrogens is 202 g/mol. The highest BCUT2D eigenvalue weighted by atomic mass is 16.2. The molecule has 2 rings (SSSR count). The lowest BCUT2D eigenvalue weighted by Crippen LogP contribution is -2.25. The van der Waals surface area contributed by atoms with E-state index in [0.29, 0.717) is 13.0 Å². The number of rotatable bonds is 3. The third-order valence-corrected chi connectivity index (χ3v) is 2.55. The normalized spacial score (nSPS) is 10.6. The number of nitrogens with one attached hydrogen (secondary N) is 1. The van der Waals surface area contributed by atoms with Crippen molar-refractivity contribution in [1.82, 2.24) is 14.9 Å². The van der Waals surface area contributed by atoms with Crippen LogP contribution in [0.15, 0.2) is 24.3 Å². The standard InChI is InChI=1S/C12H15N3O/c1-3-12(16)15(2)8-11-13-9-6-4-5-7-10(9)14-11/h4-7H,3,8H2,1-2H3,(H,13,14). The van der Waals surface area contributed by atoms with Crippen molar-refractivity contribution in [3.8, 4) is 0 Å². The number of nitrogens with zero attached hydrogens (tertiary/aromatic N) is 2. The van der Waals surface area contributed by atoms with Gasteiger partial charge in [-0.2, -0.15) is 0 Å². The lowest BCUT2D eigenvalue weighted by atomic mass is 10.3. The summed E-state index contributed by atoms with van der Waals surface area (Å²) < 4.78 is 0. The van der Waals surface area contributed by atoms with Gasteiger partial charge in [-0.1, -0.05) is 19.1 Å². The number of imidazole rings is 1. The van der Waals surface area contributed by atoms with E-state index >= 15 is 0 Å². The van der Waals surface area contributed by atoms with Crippen LogP contribution in [0.5, 0.6) is 0 Å². The monoisotopic (exact) mass is 217 g/mol. The molecule has 4 nitrogen and oxygen atoms in total. The Bertz CT molecular complexity index is 471. The number of benzene rings is 1. The first-order valence-electron chi connectivity index (χ1n) is 5.38. The number of hydrogen-bond donors (Lipinski definition) is 1. The van der Waals surface area contributed by atoms with Crippen LogP contribution in [0.4, 0.5) is 0 Å². The van der Waals surface area contributed by atoms with E-state index in [9.17, 15) is 4.79 Å². The lowest BCUT2D eigenvalue weighted by molar-refractivity contribution is -0.130. The smallest absolute Gasteiger partial charge is 0.222 e. The van der Waals surface area contributed by atoms with Crippen molar-refractivity contribution < 1.29 is 4.79 Å². The highest BCUT2D eigenvalue weighted by Gasteiger charge is 2.09. The van der Waals surface area contributed by atoms with Crippen LogP contribution in [0.2, 0.25) is 0 Å². The highest BCUT2D eigenvalue weighted by molar-refractivity contribution is 5.76. The molecule has 1 heterocycles. The van der Waals surface area contributed by atoms with Gasteiger partial charge in [0.15, 0.2) is 0 Å². The Balaban J connectivity index is 2.18. The topological polar surface area (TPSA) is 49.0 Å². The average Bonchev–Trinajstić information content (AvgIpc) is 2.69. The van der Waals surface area contributed by atoms with E-state index in [2.05, 4.69) is 9.97 Å². The minimum absolute atomic E-state index is 0.125. The van der Waals surface area contributed by atoms with Gasteiger partial charge in [0.05, 0.1) is 17.6 Å². The Morgan fingerprint density at radius 1 is 1.44 bits per heavy atom. The van der Waals surface area contributed by atoms with Gasteiger partial charge in [-0.3, -0.25) is 4.79 Å². The predicted molar refractivity (Wildman–Crippen MR) is 62.9 cm³/mol. The van der Waals surface area contributed by atoms with Gasteiger partial charge in [-0.15, -0.1) is 0 Å². The molecule has 0 radical (unpaired) electrons. The Kier molecular flexibility index (Phi) is 2.90. The Labute approximate surface area is 94.3 Å². The molecule has 1 amide bonds. The number of aromatic nitrogens is 2. The van der Waals surface area contributed by atoms with Crippen molar-refractivity contribution in [1.29, 1.82) is 0 Å². The Morgan fingerprint density at radius 3 is 2.88 bits per heavy atom. The summed E-state index contributed by atoms with van der Waals surface area (Å²) in [5.74, 6) is 0.950. The van der Waals surface area contributed by atoms with Crippen molar-refractivity contribution in [2.24, 2.45) is 0 Å². The summed E-state index contributed by atoms with van der Waals surface area (Å²) in [6.45, 7) is 2.39. The summed E-state index contributed by atoms with van der Waals surface area (Å²) in [5.41, 5.74) is 1.95. The van der Waals surface area contributed by atoms with Crippen LogP contribution < -0.4 is 0 Å². The minimum atomic E-state index is 0.125. The molecule has 0 spiro atoms. The van der Waals surface area contributed by atoms with Crippen LogP contribution in [0.3, 0.4) is 0 Å². The number of aromatic amines is 1. The zero-order valence-electron chi connectivity index (χ0n) is 9.53. The largest absolute Gasteiger partial charge is 0.340 e. The molecule has 4 heteroatoms. The quantitative estimate of drug-likeness (QED) is 0.854. The van der Waals surface area contributed by atoms with Gasteiger partial charge in [0.2, 0.25) is 5.91 Å². The summed E-state index contributed by atoms with van der Waals surface area (Å²) in [7, 11) is 1.79. The molecule has 0 aliphatic carbocycles. The van der Waals surface area contributed by atoms with Crippen LogP contribution >= 0.6 is 0 Å². The zero-order chi connectivity index (χ0) is 11.5. The zero-order valence-corrected chi connectivity index (χ0v) is 9.53. The van der Waals surface area contributed by atoms with Crippen LogP contribution in [-0.4, -0.2) is 27.8 Å². The van der Waals surface area contributed by atoms with E-state index in [1.807, 2.05) is 31.2 Å². The first-order chi connectivity index (χ1) is 7.70. The van der Waals surface area contributed by atoms with E-state index in [4.69, 9.17) is 0 Å². The van der Waals surface area contributed by atoms with Gasteiger partial charge in [0.1, 0.15) is 5.82 Å². The molecule has 1 aromatic carbocycles. The molecule has 2 aromatic rings. The van der Waals surface area contributed by atoms with Crippen molar-refractivity contribution in [3.05, 3.63) is 30.1 Å². The van der Waals surface area contributed by atoms with Gasteiger partial charge >= 0.3 is 0 Å². The van der Waals surface area contributed by atoms with Crippen molar-refractivity contribution in [2.45, 2.75) is 19.9 Å². The maximum Gasteiger partial charge on any atom is 0.222 e. The third kappa shape index (κ3) is 2.05. The van der Waals surface area contributed by atoms with Gasteiger partial charge < -0.3 is 9.88 Å². The molecule has 1 aromatic heterocycles. The second kappa shape index (κ2) is 4.35. The average molecular weight is 217 g/mol. The van der Waals surface area contributed by atoms with Crippen LogP contribution in [-0.2, 0) is 11.3 Å². The van der Waals surface area contributed by atoms with Crippen molar-refractivity contribution in [2.75, 3.05) is 7.05 Å². The number of hydrogen-bond acceptors (Lipinski definition) is 2. The molecule has 0 aliphatic rings. The first-order valence-corrected chi connectivity index (χ1v) is 5.38.